The SMILES string of the molecule is CC1(C)CCC[C@](C)([C@H]2CC[C@]3(C)[C@@H]2[C@H](OC(=O)CBr)C[C@@H]2[C@@]4(C)CC[C@H](OC(=O)CBr)C(C)(C)[C@@H]4CC[C@]23C)O1. The highest BCUT2D eigenvalue weighted by atomic mass is 79.9. The number of carbonyl (C=O) groups excluding carboxylic acids is 2. The van der Waals surface area contributed by atoms with Gasteiger partial charge in [-0.2, -0.15) is 0 Å². The van der Waals surface area contributed by atoms with Gasteiger partial charge in [0.1, 0.15) is 22.9 Å². The minimum absolute atomic E-state index is 0.0587. The highest BCUT2D eigenvalue weighted by Gasteiger charge is 2.72. The van der Waals surface area contributed by atoms with Gasteiger partial charge < -0.3 is 14.2 Å². The van der Waals surface area contributed by atoms with Gasteiger partial charge in [0.05, 0.1) is 11.2 Å². The Bertz CT molecular complexity index is 1040. The fourth-order valence-corrected chi connectivity index (χ4v) is 12.2. The van der Waals surface area contributed by atoms with Crippen LogP contribution in [0.5, 0.6) is 0 Å². The van der Waals surface area contributed by atoms with Crippen LogP contribution in [-0.2, 0) is 23.8 Å². The van der Waals surface area contributed by atoms with Crippen molar-refractivity contribution in [3.05, 3.63) is 0 Å². The molecule has 0 aromatic carbocycles. The largest absolute Gasteiger partial charge is 0.461 e. The monoisotopic (exact) mass is 700 g/mol. The van der Waals surface area contributed by atoms with E-state index in [4.69, 9.17) is 14.2 Å². The number of rotatable bonds is 5. The van der Waals surface area contributed by atoms with E-state index in [2.05, 4.69) is 87.2 Å². The molecule has 0 aromatic rings. The molecule has 41 heavy (non-hydrogen) atoms. The standard InChI is InChI=1S/C34H54Br2O5/c1-29(2)13-9-14-34(8,41-29)21-10-16-33(7)28(21)22(39-26(37)19-35)18-24-31(5)15-12-25(40-27(38)20-36)30(3,4)23(31)11-17-32(24,33)6/h21-25,28H,9-20H2,1-8H3/t21-,22+,23-,24+,25-,28-,31-,32+,33+,34+/m0/s1. The van der Waals surface area contributed by atoms with Crippen LogP contribution in [0.1, 0.15) is 120 Å². The minimum Gasteiger partial charge on any atom is -0.461 e. The van der Waals surface area contributed by atoms with E-state index >= 15 is 0 Å². The number of esters is 2. The normalized spacial score (nSPS) is 48.3. The molecular formula is C34H54Br2O5. The summed E-state index contributed by atoms with van der Waals surface area (Å²) in [6.07, 6.45) is 10.7. The highest BCUT2D eigenvalue weighted by Crippen LogP contribution is 2.76. The van der Waals surface area contributed by atoms with Crippen molar-refractivity contribution < 1.29 is 23.8 Å². The maximum absolute atomic E-state index is 13.0. The van der Waals surface area contributed by atoms with Gasteiger partial charge in [0.25, 0.3) is 0 Å². The number of halogens is 2. The first-order chi connectivity index (χ1) is 19.0. The topological polar surface area (TPSA) is 61.8 Å². The van der Waals surface area contributed by atoms with E-state index in [9.17, 15) is 9.59 Å². The molecule has 0 radical (unpaired) electrons. The lowest BCUT2D eigenvalue weighted by molar-refractivity contribution is -0.261. The van der Waals surface area contributed by atoms with Gasteiger partial charge in [0.2, 0.25) is 0 Å². The van der Waals surface area contributed by atoms with Crippen molar-refractivity contribution in [2.24, 2.45) is 45.3 Å². The van der Waals surface area contributed by atoms with Gasteiger partial charge in [0, 0.05) is 11.3 Å². The molecule has 5 nitrogen and oxygen atoms in total. The van der Waals surface area contributed by atoms with Gasteiger partial charge in [-0.1, -0.05) is 66.5 Å². The van der Waals surface area contributed by atoms with E-state index < -0.39 is 0 Å². The van der Waals surface area contributed by atoms with E-state index in [1.54, 1.807) is 0 Å². The Morgan fingerprint density at radius 1 is 0.756 bits per heavy atom. The molecule has 10 atom stereocenters. The second-order valence-corrected chi connectivity index (χ2v) is 17.7. The highest BCUT2D eigenvalue weighted by molar-refractivity contribution is 9.09. The van der Waals surface area contributed by atoms with E-state index in [0.29, 0.717) is 17.8 Å². The van der Waals surface area contributed by atoms with Crippen molar-refractivity contribution >= 4 is 43.8 Å². The quantitative estimate of drug-likeness (QED) is 0.212. The van der Waals surface area contributed by atoms with Gasteiger partial charge in [-0.25, -0.2) is 0 Å². The molecule has 1 heterocycles. The zero-order chi connectivity index (χ0) is 30.2. The summed E-state index contributed by atoms with van der Waals surface area (Å²) in [6, 6.07) is 0. The average Bonchev–Trinajstić information content (AvgIpc) is 3.26. The number of carbonyl (C=O) groups is 2. The van der Waals surface area contributed by atoms with Crippen molar-refractivity contribution in [3.8, 4) is 0 Å². The zero-order valence-electron chi connectivity index (χ0n) is 26.7. The zero-order valence-corrected chi connectivity index (χ0v) is 29.9. The summed E-state index contributed by atoms with van der Waals surface area (Å²) in [6.45, 7) is 19.2. The summed E-state index contributed by atoms with van der Waals surface area (Å²) in [5.74, 6) is 1.23. The third-order valence-electron chi connectivity index (χ3n) is 13.8. The van der Waals surface area contributed by atoms with Crippen molar-refractivity contribution in [2.45, 2.75) is 143 Å². The molecular weight excluding hydrogens is 648 g/mol. The van der Waals surface area contributed by atoms with Crippen molar-refractivity contribution in [1.82, 2.24) is 0 Å². The van der Waals surface area contributed by atoms with Crippen LogP contribution in [0.2, 0.25) is 0 Å². The number of hydrogen-bond acceptors (Lipinski definition) is 5. The predicted molar refractivity (Wildman–Crippen MR) is 169 cm³/mol. The molecule has 0 amide bonds. The Labute approximate surface area is 265 Å². The van der Waals surface area contributed by atoms with Crippen LogP contribution in [0, 0.1) is 45.3 Å². The van der Waals surface area contributed by atoms with Gasteiger partial charge in [-0.05, 0) is 119 Å². The molecule has 5 rings (SSSR count). The molecule has 0 unspecified atom stereocenters. The van der Waals surface area contributed by atoms with E-state index in [-0.39, 0.29) is 73.6 Å². The minimum atomic E-state index is -0.202. The maximum atomic E-state index is 13.0. The molecule has 0 spiro atoms. The molecule has 5 fully saturated rings. The third kappa shape index (κ3) is 5.00. The summed E-state index contributed by atoms with van der Waals surface area (Å²) in [4.78, 5) is 25.3. The van der Waals surface area contributed by atoms with Crippen molar-refractivity contribution in [3.63, 3.8) is 0 Å². The fourth-order valence-electron chi connectivity index (χ4n) is 12.0. The van der Waals surface area contributed by atoms with E-state index in [1.807, 2.05) is 0 Å². The van der Waals surface area contributed by atoms with Gasteiger partial charge in [0.15, 0.2) is 0 Å². The second-order valence-electron chi connectivity index (χ2n) is 16.6. The molecule has 0 N–H and O–H groups in total. The molecule has 4 aliphatic carbocycles. The first-order valence-electron chi connectivity index (χ1n) is 16.2. The molecule has 0 aromatic heterocycles. The smallest absolute Gasteiger partial charge is 0.316 e. The number of alkyl halides is 2. The summed E-state index contributed by atoms with van der Waals surface area (Å²) >= 11 is 6.68. The lowest BCUT2D eigenvalue weighted by Crippen LogP contribution is -2.67. The summed E-state index contributed by atoms with van der Waals surface area (Å²) in [7, 11) is 0. The van der Waals surface area contributed by atoms with Gasteiger partial charge >= 0.3 is 11.9 Å². The Morgan fingerprint density at radius 3 is 2.02 bits per heavy atom. The Balaban J connectivity index is 1.53. The average molecular weight is 703 g/mol. The van der Waals surface area contributed by atoms with Gasteiger partial charge in [-0.15, -0.1) is 0 Å². The maximum Gasteiger partial charge on any atom is 0.316 e. The van der Waals surface area contributed by atoms with Crippen molar-refractivity contribution in [2.75, 3.05) is 10.7 Å². The molecule has 1 saturated heterocycles. The molecule has 4 saturated carbocycles. The molecule has 0 bridgehead atoms. The van der Waals surface area contributed by atoms with E-state index in [1.165, 1.54) is 12.8 Å². The summed E-state index contributed by atoms with van der Waals surface area (Å²) < 4.78 is 19.5. The Kier molecular flexibility index (Phi) is 8.45. The van der Waals surface area contributed by atoms with Crippen LogP contribution in [0.15, 0.2) is 0 Å². The number of ether oxygens (including phenoxy) is 3. The van der Waals surface area contributed by atoms with Crippen LogP contribution < -0.4 is 0 Å². The number of hydrogen-bond donors (Lipinski definition) is 0. The second kappa shape index (κ2) is 10.7. The lowest BCUT2D eigenvalue weighted by atomic mass is 9.35. The first kappa shape index (κ1) is 32.3. The number of fused-ring (bicyclic) bond motifs is 5. The third-order valence-corrected chi connectivity index (χ3v) is 14.7. The molecule has 1 aliphatic heterocycles. The van der Waals surface area contributed by atoms with Crippen molar-refractivity contribution in [1.29, 1.82) is 0 Å². The first-order valence-corrected chi connectivity index (χ1v) is 18.4. The predicted octanol–water partition coefficient (Wildman–Crippen LogP) is 8.63. The molecule has 234 valence electrons. The van der Waals surface area contributed by atoms with Crippen LogP contribution in [0.4, 0.5) is 0 Å². The van der Waals surface area contributed by atoms with Crippen LogP contribution in [0.3, 0.4) is 0 Å². The van der Waals surface area contributed by atoms with Crippen LogP contribution in [-0.4, -0.2) is 46.0 Å². The molecule has 7 heteroatoms. The van der Waals surface area contributed by atoms with Crippen LogP contribution >= 0.6 is 31.9 Å². The Hall–Kier alpha value is -0.140. The van der Waals surface area contributed by atoms with Crippen LogP contribution in [0.25, 0.3) is 0 Å². The summed E-state index contributed by atoms with van der Waals surface area (Å²) in [5.41, 5.74) is -0.143. The fraction of sp³-hybridized carbons (Fsp3) is 0.941. The molecule has 5 aliphatic rings. The van der Waals surface area contributed by atoms with E-state index in [0.717, 1.165) is 51.4 Å². The Morgan fingerprint density at radius 2 is 1.39 bits per heavy atom. The summed E-state index contributed by atoms with van der Waals surface area (Å²) in [5, 5.41) is 0.470. The lowest BCUT2D eigenvalue weighted by Gasteiger charge is -2.70. The van der Waals surface area contributed by atoms with Gasteiger partial charge in [-0.3, -0.25) is 9.59 Å².